The Morgan fingerprint density at radius 2 is 1.84 bits per heavy atom. The second-order valence-corrected chi connectivity index (χ2v) is 5.85. The lowest BCUT2D eigenvalue weighted by Gasteiger charge is -2.24. The van der Waals surface area contributed by atoms with E-state index in [0.29, 0.717) is 5.25 Å². The molecule has 0 fully saturated rings. The standard InChI is InChI=1S/C15H13NO2S/c17-16(18)13-8-5-12(6-9-13)15-10-7-11-3-1-2-4-14(11)19-15/h1-6,8-9,15H,7,10H2/t15-/m1/s1. The zero-order chi connectivity index (χ0) is 13.2. The summed E-state index contributed by atoms with van der Waals surface area (Å²) in [5, 5.41) is 11.1. The van der Waals surface area contributed by atoms with Gasteiger partial charge >= 0.3 is 0 Å². The summed E-state index contributed by atoms with van der Waals surface area (Å²) in [5.41, 5.74) is 2.74. The van der Waals surface area contributed by atoms with Crippen molar-refractivity contribution in [2.24, 2.45) is 0 Å². The van der Waals surface area contributed by atoms with Crippen LogP contribution >= 0.6 is 11.8 Å². The third-order valence-electron chi connectivity index (χ3n) is 3.39. The molecule has 3 rings (SSSR count). The summed E-state index contributed by atoms with van der Waals surface area (Å²) in [5.74, 6) is 0. The van der Waals surface area contributed by atoms with Crippen molar-refractivity contribution in [3.05, 3.63) is 69.8 Å². The Labute approximate surface area is 115 Å². The fraction of sp³-hybridized carbons (Fsp3) is 0.200. The molecule has 0 unspecified atom stereocenters. The highest BCUT2D eigenvalue weighted by molar-refractivity contribution is 7.99. The number of nitrogens with zero attached hydrogens (tertiary/aromatic N) is 1. The summed E-state index contributed by atoms with van der Waals surface area (Å²) in [6.45, 7) is 0. The first-order valence-corrected chi connectivity index (χ1v) is 7.11. The molecule has 0 N–H and O–H groups in total. The molecule has 2 aromatic carbocycles. The first-order chi connectivity index (χ1) is 9.24. The monoisotopic (exact) mass is 271 g/mol. The molecule has 1 atom stereocenters. The number of hydrogen-bond donors (Lipinski definition) is 0. The van der Waals surface area contributed by atoms with E-state index in [0.717, 1.165) is 12.8 Å². The van der Waals surface area contributed by atoms with Crippen LogP contribution < -0.4 is 0 Å². The summed E-state index contributed by atoms with van der Waals surface area (Å²) < 4.78 is 0. The van der Waals surface area contributed by atoms with Crippen molar-refractivity contribution in [2.45, 2.75) is 23.0 Å². The van der Waals surface area contributed by atoms with Crippen LogP contribution in [0, 0.1) is 10.1 Å². The molecule has 0 aromatic heterocycles. The molecule has 19 heavy (non-hydrogen) atoms. The van der Waals surface area contributed by atoms with Gasteiger partial charge in [-0.2, -0.15) is 0 Å². The number of nitro groups is 1. The van der Waals surface area contributed by atoms with Crippen LogP contribution in [0.3, 0.4) is 0 Å². The predicted octanol–water partition coefficient (Wildman–Crippen LogP) is 4.37. The van der Waals surface area contributed by atoms with Crippen molar-refractivity contribution in [1.82, 2.24) is 0 Å². The quantitative estimate of drug-likeness (QED) is 0.601. The van der Waals surface area contributed by atoms with Crippen molar-refractivity contribution in [3.8, 4) is 0 Å². The fourth-order valence-electron chi connectivity index (χ4n) is 2.37. The second-order valence-electron chi connectivity index (χ2n) is 4.60. The van der Waals surface area contributed by atoms with Crippen molar-refractivity contribution < 1.29 is 4.92 Å². The van der Waals surface area contributed by atoms with Gasteiger partial charge in [0, 0.05) is 22.3 Å². The second kappa shape index (κ2) is 5.05. The van der Waals surface area contributed by atoms with Gasteiger partial charge in [-0.1, -0.05) is 30.3 Å². The number of aryl methyl sites for hydroxylation is 1. The van der Waals surface area contributed by atoms with Crippen LogP contribution in [-0.2, 0) is 6.42 Å². The van der Waals surface area contributed by atoms with E-state index in [1.54, 1.807) is 12.1 Å². The molecule has 96 valence electrons. The van der Waals surface area contributed by atoms with E-state index in [1.807, 2.05) is 23.9 Å². The highest BCUT2D eigenvalue weighted by Gasteiger charge is 2.20. The van der Waals surface area contributed by atoms with E-state index in [-0.39, 0.29) is 10.6 Å². The van der Waals surface area contributed by atoms with Gasteiger partial charge < -0.3 is 0 Å². The summed E-state index contributed by atoms with van der Waals surface area (Å²) in [4.78, 5) is 11.6. The smallest absolute Gasteiger partial charge is 0.258 e. The number of benzene rings is 2. The van der Waals surface area contributed by atoms with Gasteiger partial charge in [-0.25, -0.2) is 0 Å². The van der Waals surface area contributed by atoms with E-state index >= 15 is 0 Å². The SMILES string of the molecule is O=[N+]([O-])c1ccc([C@H]2CCc3ccccc3S2)cc1. The van der Waals surface area contributed by atoms with E-state index < -0.39 is 0 Å². The molecule has 0 amide bonds. The maximum Gasteiger partial charge on any atom is 0.269 e. The number of rotatable bonds is 2. The lowest BCUT2D eigenvalue weighted by molar-refractivity contribution is -0.384. The molecule has 0 radical (unpaired) electrons. The first-order valence-electron chi connectivity index (χ1n) is 6.23. The Kier molecular flexibility index (Phi) is 3.25. The molecule has 1 aliphatic rings. The molecule has 0 bridgehead atoms. The molecule has 0 spiro atoms. The molecule has 3 nitrogen and oxygen atoms in total. The molecule has 1 aliphatic heterocycles. The van der Waals surface area contributed by atoms with Gasteiger partial charge in [-0.05, 0) is 30.0 Å². The predicted molar refractivity (Wildman–Crippen MR) is 76.5 cm³/mol. The number of hydrogen-bond acceptors (Lipinski definition) is 3. The molecular formula is C15H13NO2S. The number of non-ortho nitro benzene ring substituents is 1. The Balaban J connectivity index is 1.83. The molecule has 0 aliphatic carbocycles. The third kappa shape index (κ3) is 2.49. The minimum atomic E-state index is -0.354. The van der Waals surface area contributed by atoms with Gasteiger partial charge in [0.25, 0.3) is 5.69 Å². The van der Waals surface area contributed by atoms with Crippen molar-refractivity contribution in [2.75, 3.05) is 0 Å². The maximum atomic E-state index is 10.7. The van der Waals surface area contributed by atoms with Crippen molar-refractivity contribution >= 4 is 17.4 Å². The molecule has 2 aromatic rings. The van der Waals surface area contributed by atoms with E-state index in [2.05, 4.69) is 24.3 Å². The summed E-state index contributed by atoms with van der Waals surface area (Å²) >= 11 is 1.85. The first kappa shape index (κ1) is 12.2. The van der Waals surface area contributed by atoms with Crippen molar-refractivity contribution in [1.29, 1.82) is 0 Å². The largest absolute Gasteiger partial charge is 0.269 e. The van der Waals surface area contributed by atoms with Crippen LogP contribution in [0.25, 0.3) is 0 Å². The van der Waals surface area contributed by atoms with E-state index in [1.165, 1.54) is 16.0 Å². The normalized spacial score (nSPS) is 17.8. The van der Waals surface area contributed by atoms with Gasteiger partial charge in [-0.3, -0.25) is 10.1 Å². The van der Waals surface area contributed by atoms with Crippen molar-refractivity contribution in [3.63, 3.8) is 0 Å². The molecule has 0 saturated carbocycles. The molecule has 0 saturated heterocycles. The minimum Gasteiger partial charge on any atom is -0.258 e. The van der Waals surface area contributed by atoms with Crippen LogP contribution in [0.4, 0.5) is 5.69 Å². The third-order valence-corrected chi connectivity index (χ3v) is 4.84. The average Bonchev–Trinajstić information content (AvgIpc) is 2.47. The van der Waals surface area contributed by atoms with Crippen LogP contribution in [0.15, 0.2) is 53.4 Å². The summed E-state index contributed by atoms with van der Waals surface area (Å²) in [6, 6.07) is 15.4. The van der Waals surface area contributed by atoms with Gasteiger partial charge in [-0.15, -0.1) is 11.8 Å². The van der Waals surface area contributed by atoms with Crippen LogP contribution in [0.5, 0.6) is 0 Å². The zero-order valence-corrected chi connectivity index (χ0v) is 11.1. The lowest BCUT2D eigenvalue weighted by Crippen LogP contribution is -2.04. The van der Waals surface area contributed by atoms with E-state index in [4.69, 9.17) is 0 Å². The van der Waals surface area contributed by atoms with Gasteiger partial charge in [0.2, 0.25) is 0 Å². The van der Waals surface area contributed by atoms with Gasteiger partial charge in [0.1, 0.15) is 0 Å². The summed E-state index contributed by atoms with van der Waals surface area (Å²) in [7, 11) is 0. The number of thioether (sulfide) groups is 1. The summed E-state index contributed by atoms with van der Waals surface area (Å²) in [6.07, 6.45) is 2.16. The Bertz CT molecular complexity index is 610. The Morgan fingerprint density at radius 1 is 1.11 bits per heavy atom. The molecular weight excluding hydrogens is 258 g/mol. The number of fused-ring (bicyclic) bond motifs is 1. The number of nitro benzene ring substituents is 1. The average molecular weight is 271 g/mol. The highest BCUT2D eigenvalue weighted by Crippen LogP contribution is 2.44. The van der Waals surface area contributed by atoms with Gasteiger partial charge in [0.05, 0.1) is 4.92 Å². The Hall–Kier alpha value is -1.81. The maximum absolute atomic E-state index is 10.7. The Morgan fingerprint density at radius 3 is 2.58 bits per heavy atom. The topological polar surface area (TPSA) is 43.1 Å². The van der Waals surface area contributed by atoms with Crippen LogP contribution in [0.2, 0.25) is 0 Å². The van der Waals surface area contributed by atoms with Crippen LogP contribution in [-0.4, -0.2) is 4.92 Å². The van der Waals surface area contributed by atoms with E-state index in [9.17, 15) is 10.1 Å². The zero-order valence-electron chi connectivity index (χ0n) is 10.3. The minimum absolute atomic E-state index is 0.157. The lowest BCUT2D eigenvalue weighted by atomic mass is 10.0. The van der Waals surface area contributed by atoms with Gasteiger partial charge in [0.15, 0.2) is 0 Å². The fourth-order valence-corrected chi connectivity index (χ4v) is 3.68. The van der Waals surface area contributed by atoms with Crippen LogP contribution in [0.1, 0.15) is 22.8 Å². The molecule has 4 heteroatoms. The highest BCUT2D eigenvalue weighted by atomic mass is 32.2. The molecule has 1 heterocycles.